The van der Waals surface area contributed by atoms with Crippen LogP contribution in [0.5, 0.6) is 0 Å². The lowest BCUT2D eigenvalue weighted by molar-refractivity contribution is -0.122. The maximum Gasteiger partial charge on any atom is 0.407 e. The SMILES string of the molecule is CCCC(C)(CCC(=O)NCC(C)(C)COCC(C)(C)CN)NC(=O)OCC1C2=C(CCC=C2)c2ccccc21. The molecule has 2 atom stereocenters. The fourth-order valence-electron chi connectivity index (χ4n) is 5.49. The van der Waals surface area contributed by atoms with Crippen molar-refractivity contribution in [3.8, 4) is 0 Å². The first-order valence-electron chi connectivity index (χ1n) is 14.9. The maximum absolute atomic E-state index is 13.0. The molecule has 0 aliphatic heterocycles. The highest BCUT2D eigenvalue weighted by atomic mass is 16.5. The van der Waals surface area contributed by atoms with Crippen LogP contribution in [0.15, 0.2) is 42.0 Å². The molecule has 0 spiro atoms. The van der Waals surface area contributed by atoms with E-state index in [9.17, 15) is 9.59 Å². The number of fused-ring (bicyclic) bond motifs is 2. The maximum atomic E-state index is 13.0. The van der Waals surface area contributed by atoms with Crippen molar-refractivity contribution in [2.45, 2.75) is 91.5 Å². The minimum absolute atomic E-state index is 0.0287. The Hall–Kier alpha value is -2.64. The normalized spacial score (nSPS) is 18.1. The second kappa shape index (κ2) is 13.8. The summed E-state index contributed by atoms with van der Waals surface area (Å²) >= 11 is 0. The van der Waals surface area contributed by atoms with Crippen molar-refractivity contribution < 1.29 is 19.1 Å². The van der Waals surface area contributed by atoms with Gasteiger partial charge in [0.1, 0.15) is 6.61 Å². The lowest BCUT2D eigenvalue weighted by Crippen LogP contribution is -2.47. The van der Waals surface area contributed by atoms with Gasteiger partial charge in [0, 0.05) is 35.3 Å². The van der Waals surface area contributed by atoms with Crippen LogP contribution in [0.4, 0.5) is 4.79 Å². The van der Waals surface area contributed by atoms with Gasteiger partial charge in [0.25, 0.3) is 0 Å². The van der Waals surface area contributed by atoms with Gasteiger partial charge in [-0.1, -0.05) is 77.5 Å². The van der Waals surface area contributed by atoms with Crippen LogP contribution < -0.4 is 16.4 Å². The molecular formula is C33H51N3O4. The average molecular weight is 554 g/mol. The van der Waals surface area contributed by atoms with Gasteiger partial charge in [0.2, 0.25) is 5.91 Å². The van der Waals surface area contributed by atoms with Crippen molar-refractivity contribution in [2.75, 3.05) is 32.9 Å². The summed E-state index contributed by atoms with van der Waals surface area (Å²) in [6, 6.07) is 8.43. The number of alkyl carbamates (subject to hydrolysis) is 1. The van der Waals surface area contributed by atoms with Gasteiger partial charge in [-0.05, 0) is 61.4 Å². The molecule has 4 N–H and O–H groups in total. The van der Waals surface area contributed by atoms with Crippen molar-refractivity contribution in [1.29, 1.82) is 0 Å². The van der Waals surface area contributed by atoms with Gasteiger partial charge in [-0.15, -0.1) is 0 Å². The number of nitrogens with one attached hydrogen (secondary N) is 2. The monoisotopic (exact) mass is 553 g/mol. The van der Waals surface area contributed by atoms with Crippen molar-refractivity contribution in [3.63, 3.8) is 0 Å². The number of rotatable bonds is 15. The van der Waals surface area contributed by atoms with Crippen LogP contribution in [-0.4, -0.2) is 50.4 Å². The van der Waals surface area contributed by atoms with E-state index in [2.05, 4.69) is 75.6 Å². The van der Waals surface area contributed by atoms with Crippen LogP contribution in [0.3, 0.4) is 0 Å². The van der Waals surface area contributed by atoms with E-state index in [0.29, 0.717) is 45.8 Å². The van der Waals surface area contributed by atoms with Crippen LogP contribution >= 0.6 is 0 Å². The number of ether oxygens (including phenoxy) is 2. The van der Waals surface area contributed by atoms with E-state index < -0.39 is 11.6 Å². The number of carbonyl (C=O) groups is 2. The van der Waals surface area contributed by atoms with Crippen LogP contribution in [0.2, 0.25) is 0 Å². The molecule has 0 radical (unpaired) electrons. The van der Waals surface area contributed by atoms with Crippen molar-refractivity contribution in [1.82, 2.24) is 10.6 Å². The number of nitrogens with two attached hydrogens (primary N) is 1. The molecule has 40 heavy (non-hydrogen) atoms. The van der Waals surface area contributed by atoms with Crippen LogP contribution in [-0.2, 0) is 14.3 Å². The van der Waals surface area contributed by atoms with E-state index in [4.69, 9.17) is 15.2 Å². The second-order valence-corrected chi connectivity index (χ2v) is 13.4. The lowest BCUT2D eigenvalue weighted by Gasteiger charge is -2.31. The fraction of sp³-hybridized carbons (Fsp3) is 0.636. The first kappa shape index (κ1) is 31.9. The summed E-state index contributed by atoms with van der Waals surface area (Å²) in [5.74, 6) is 0.0318. The predicted molar refractivity (Wildman–Crippen MR) is 162 cm³/mol. The van der Waals surface area contributed by atoms with Gasteiger partial charge in [0.05, 0.1) is 13.2 Å². The van der Waals surface area contributed by atoms with Crippen LogP contribution in [0, 0.1) is 10.8 Å². The smallest absolute Gasteiger partial charge is 0.407 e. The predicted octanol–water partition coefficient (Wildman–Crippen LogP) is 6.10. The molecule has 222 valence electrons. The molecule has 0 saturated carbocycles. The highest BCUT2D eigenvalue weighted by Gasteiger charge is 2.33. The third-order valence-electron chi connectivity index (χ3n) is 8.04. The largest absolute Gasteiger partial charge is 0.449 e. The molecule has 2 unspecified atom stereocenters. The number of hydrogen-bond acceptors (Lipinski definition) is 5. The third kappa shape index (κ3) is 8.93. The summed E-state index contributed by atoms with van der Waals surface area (Å²) in [6.07, 6.45) is 8.55. The number of benzene rings is 1. The van der Waals surface area contributed by atoms with E-state index in [1.165, 1.54) is 22.3 Å². The Labute approximate surface area is 241 Å². The molecule has 3 rings (SSSR count). The molecule has 2 aliphatic rings. The van der Waals surface area contributed by atoms with E-state index in [1.807, 2.05) is 13.0 Å². The van der Waals surface area contributed by atoms with E-state index >= 15 is 0 Å². The standard InChI is InChI=1S/C33H51N3O4/c1-7-17-33(6,18-16-29(37)35-21-32(4,5)23-39-22-31(2,3)20-34)36-30(38)40-19-28-26-14-10-8-12-24(26)25-13-9-11-15-27(25)28/h8,10-12,14-15,28H,7,9,13,16-23,34H2,1-6H3,(H,35,37)(H,36,38). The van der Waals surface area contributed by atoms with Gasteiger partial charge < -0.3 is 25.8 Å². The molecule has 0 bridgehead atoms. The van der Waals surface area contributed by atoms with Gasteiger partial charge >= 0.3 is 6.09 Å². The fourth-order valence-corrected chi connectivity index (χ4v) is 5.49. The van der Waals surface area contributed by atoms with Crippen molar-refractivity contribution in [2.24, 2.45) is 16.6 Å². The summed E-state index contributed by atoms with van der Waals surface area (Å²) < 4.78 is 11.7. The molecule has 2 amide bonds. The molecule has 0 saturated heterocycles. The molecule has 0 aromatic heterocycles. The molecule has 0 fully saturated rings. The number of carbonyl (C=O) groups excluding carboxylic acids is 2. The Bertz CT molecular complexity index is 1090. The zero-order valence-corrected chi connectivity index (χ0v) is 25.5. The van der Waals surface area contributed by atoms with E-state index in [0.717, 1.165) is 25.7 Å². The quantitative estimate of drug-likeness (QED) is 0.244. The van der Waals surface area contributed by atoms with E-state index in [-0.39, 0.29) is 22.7 Å². The first-order valence-corrected chi connectivity index (χ1v) is 14.9. The lowest BCUT2D eigenvalue weighted by atomic mass is 9.90. The summed E-state index contributed by atoms with van der Waals surface area (Å²) in [6.45, 7) is 14.9. The van der Waals surface area contributed by atoms with Gasteiger partial charge in [0.15, 0.2) is 0 Å². The van der Waals surface area contributed by atoms with Crippen molar-refractivity contribution >= 4 is 17.6 Å². The highest BCUT2D eigenvalue weighted by Crippen LogP contribution is 2.46. The molecular weight excluding hydrogens is 502 g/mol. The summed E-state index contributed by atoms with van der Waals surface area (Å²) in [7, 11) is 0. The number of amides is 2. The summed E-state index contributed by atoms with van der Waals surface area (Å²) in [5, 5.41) is 6.14. The second-order valence-electron chi connectivity index (χ2n) is 13.4. The van der Waals surface area contributed by atoms with Crippen LogP contribution in [0.25, 0.3) is 5.57 Å². The van der Waals surface area contributed by atoms with E-state index in [1.54, 1.807) is 0 Å². The summed E-state index contributed by atoms with van der Waals surface area (Å²) in [5.41, 5.74) is 10.2. The first-order chi connectivity index (χ1) is 18.9. The van der Waals surface area contributed by atoms with Gasteiger partial charge in [-0.25, -0.2) is 4.79 Å². The average Bonchev–Trinajstić information content (AvgIpc) is 3.23. The molecule has 7 heteroatoms. The Balaban J connectivity index is 1.48. The molecule has 7 nitrogen and oxygen atoms in total. The zero-order chi connectivity index (χ0) is 29.4. The number of hydrogen-bond donors (Lipinski definition) is 3. The Morgan fingerprint density at radius 3 is 2.50 bits per heavy atom. The Morgan fingerprint density at radius 1 is 1.05 bits per heavy atom. The Kier molecular flexibility index (Phi) is 11.0. The zero-order valence-electron chi connectivity index (χ0n) is 25.5. The minimum Gasteiger partial charge on any atom is -0.449 e. The number of allylic oxidation sites excluding steroid dienone is 3. The topological polar surface area (TPSA) is 103 Å². The molecule has 2 aliphatic carbocycles. The Morgan fingerprint density at radius 2 is 1.77 bits per heavy atom. The van der Waals surface area contributed by atoms with Crippen LogP contribution in [0.1, 0.15) is 97.1 Å². The highest BCUT2D eigenvalue weighted by molar-refractivity contribution is 5.81. The van der Waals surface area contributed by atoms with Gasteiger partial charge in [-0.2, -0.15) is 0 Å². The van der Waals surface area contributed by atoms with Crippen molar-refractivity contribution in [3.05, 3.63) is 53.1 Å². The molecule has 0 heterocycles. The minimum atomic E-state index is -0.529. The molecule has 1 aromatic rings. The van der Waals surface area contributed by atoms with Gasteiger partial charge in [-0.3, -0.25) is 4.79 Å². The third-order valence-corrected chi connectivity index (χ3v) is 8.04. The molecule has 1 aromatic carbocycles. The summed E-state index contributed by atoms with van der Waals surface area (Å²) in [4.78, 5) is 25.7.